The van der Waals surface area contributed by atoms with Gasteiger partial charge in [0, 0.05) is 11.7 Å². The standard InChI is InChI=1S/C32H36N2O5S/c1-20(30(35)33-28-11-10-25-6-3-4-7-26(25)15-28)39-31(36)27-8-5-9-29(16-27)40(37,38)34-21(2)32-17-22-12-23(18-32)14-24(13-22)19-32/h3-11,15-16,20-24,34H,12-14,17-19H2,1-2H3,(H,33,35). The Hall–Kier alpha value is -3.23. The van der Waals surface area contributed by atoms with E-state index < -0.39 is 28.0 Å². The van der Waals surface area contributed by atoms with Crippen LogP contribution in [-0.2, 0) is 19.6 Å². The Labute approximate surface area is 235 Å². The first-order chi connectivity index (χ1) is 19.1. The highest BCUT2D eigenvalue weighted by molar-refractivity contribution is 7.89. The molecule has 7 rings (SSSR count). The molecule has 0 aromatic heterocycles. The zero-order valence-corrected chi connectivity index (χ0v) is 23.7. The Bertz CT molecular complexity index is 1530. The van der Waals surface area contributed by atoms with E-state index in [9.17, 15) is 18.0 Å². The number of nitrogens with one attached hydrogen (secondary N) is 2. The summed E-state index contributed by atoms with van der Waals surface area (Å²) in [6, 6.07) is 19.0. The molecule has 7 nitrogen and oxygen atoms in total. The molecule has 0 heterocycles. The van der Waals surface area contributed by atoms with Gasteiger partial charge in [-0.25, -0.2) is 17.9 Å². The molecule has 4 aliphatic rings. The Balaban J connectivity index is 1.10. The number of esters is 1. The normalized spacial score (nSPS) is 26.8. The van der Waals surface area contributed by atoms with E-state index in [1.165, 1.54) is 50.5 Å². The predicted molar refractivity (Wildman–Crippen MR) is 154 cm³/mol. The van der Waals surface area contributed by atoms with Crippen molar-refractivity contribution >= 4 is 38.4 Å². The van der Waals surface area contributed by atoms with Gasteiger partial charge in [-0.15, -0.1) is 0 Å². The molecular weight excluding hydrogens is 524 g/mol. The third-order valence-corrected chi connectivity index (χ3v) is 10.9. The molecule has 4 aliphatic carbocycles. The largest absolute Gasteiger partial charge is 0.449 e. The summed E-state index contributed by atoms with van der Waals surface area (Å²) in [5.74, 6) is 0.927. The van der Waals surface area contributed by atoms with Crippen LogP contribution < -0.4 is 10.0 Å². The predicted octanol–water partition coefficient (Wildman–Crippen LogP) is 5.91. The Morgan fingerprint density at radius 3 is 2.17 bits per heavy atom. The number of carbonyl (C=O) groups is 2. The minimum atomic E-state index is -3.85. The maximum Gasteiger partial charge on any atom is 0.338 e. The third-order valence-electron chi connectivity index (χ3n) is 9.39. The smallest absolute Gasteiger partial charge is 0.338 e. The Kier molecular flexibility index (Phi) is 6.95. The molecule has 4 saturated carbocycles. The minimum absolute atomic E-state index is 0.0200. The zero-order valence-electron chi connectivity index (χ0n) is 22.9. The van der Waals surface area contributed by atoms with Crippen molar-refractivity contribution in [1.29, 1.82) is 0 Å². The molecule has 2 unspecified atom stereocenters. The van der Waals surface area contributed by atoms with Gasteiger partial charge in [-0.05, 0) is 117 Å². The topological polar surface area (TPSA) is 102 Å². The van der Waals surface area contributed by atoms with E-state index in [0.29, 0.717) is 5.69 Å². The average Bonchev–Trinajstić information content (AvgIpc) is 2.92. The first kappa shape index (κ1) is 27.0. The summed E-state index contributed by atoms with van der Waals surface area (Å²) in [4.78, 5) is 25.7. The van der Waals surface area contributed by atoms with Crippen LogP contribution in [0.15, 0.2) is 71.6 Å². The first-order valence-corrected chi connectivity index (χ1v) is 15.7. The summed E-state index contributed by atoms with van der Waals surface area (Å²) in [6.45, 7) is 3.49. The number of anilines is 1. The van der Waals surface area contributed by atoms with Crippen LogP contribution in [-0.4, -0.2) is 32.4 Å². The van der Waals surface area contributed by atoms with Gasteiger partial charge in [-0.2, -0.15) is 0 Å². The van der Waals surface area contributed by atoms with E-state index in [1.807, 2.05) is 43.3 Å². The van der Waals surface area contributed by atoms with E-state index in [4.69, 9.17) is 4.74 Å². The highest BCUT2D eigenvalue weighted by atomic mass is 32.2. The van der Waals surface area contributed by atoms with Crippen LogP contribution in [0.2, 0.25) is 0 Å². The van der Waals surface area contributed by atoms with E-state index >= 15 is 0 Å². The lowest BCUT2D eigenvalue weighted by molar-refractivity contribution is -0.123. The Morgan fingerprint density at radius 1 is 0.850 bits per heavy atom. The van der Waals surface area contributed by atoms with Gasteiger partial charge in [0.15, 0.2) is 6.10 Å². The van der Waals surface area contributed by atoms with Gasteiger partial charge in [0.1, 0.15) is 0 Å². The summed E-state index contributed by atoms with van der Waals surface area (Å²) in [6.07, 6.45) is 6.08. The summed E-state index contributed by atoms with van der Waals surface area (Å²) >= 11 is 0. The molecule has 40 heavy (non-hydrogen) atoms. The van der Waals surface area contributed by atoms with Gasteiger partial charge in [0.05, 0.1) is 10.5 Å². The second-order valence-electron chi connectivity index (χ2n) is 12.2. The molecule has 0 spiro atoms. The maximum absolute atomic E-state index is 13.4. The highest BCUT2D eigenvalue weighted by Crippen LogP contribution is 2.61. The number of fused-ring (bicyclic) bond motifs is 1. The van der Waals surface area contributed by atoms with Gasteiger partial charge in [-0.3, -0.25) is 4.79 Å². The second kappa shape index (κ2) is 10.3. The number of amides is 1. The van der Waals surface area contributed by atoms with Crippen molar-refractivity contribution in [3.63, 3.8) is 0 Å². The molecule has 2 N–H and O–H groups in total. The summed E-state index contributed by atoms with van der Waals surface area (Å²) in [7, 11) is -3.85. The number of hydrogen-bond donors (Lipinski definition) is 2. The van der Waals surface area contributed by atoms with E-state index in [2.05, 4.69) is 10.0 Å². The molecule has 4 fully saturated rings. The van der Waals surface area contributed by atoms with Crippen molar-refractivity contribution in [2.45, 2.75) is 69.4 Å². The summed E-state index contributed by atoms with van der Waals surface area (Å²) in [5, 5.41) is 4.81. The fraction of sp³-hybridized carbons (Fsp3) is 0.438. The number of benzene rings is 3. The molecule has 0 radical (unpaired) electrons. The monoisotopic (exact) mass is 560 g/mol. The van der Waals surface area contributed by atoms with E-state index in [1.54, 1.807) is 6.07 Å². The van der Waals surface area contributed by atoms with Crippen molar-refractivity contribution in [3.05, 3.63) is 72.3 Å². The molecule has 8 heteroatoms. The van der Waals surface area contributed by atoms with Gasteiger partial charge >= 0.3 is 5.97 Å². The SMILES string of the molecule is CC(OC(=O)c1cccc(S(=O)(=O)NC(C)C23CC4CC(CC(C4)C2)C3)c1)C(=O)Nc1ccc2ccccc2c1. The number of hydrogen-bond acceptors (Lipinski definition) is 5. The van der Waals surface area contributed by atoms with Crippen LogP contribution in [0.1, 0.15) is 62.7 Å². The summed E-state index contributed by atoms with van der Waals surface area (Å²) < 4.78 is 35.2. The van der Waals surface area contributed by atoms with Gasteiger partial charge in [0.25, 0.3) is 5.91 Å². The summed E-state index contributed by atoms with van der Waals surface area (Å²) in [5.41, 5.74) is 0.696. The van der Waals surface area contributed by atoms with Crippen molar-refractivity contribution in [3.8, 4) is 0 Å². The fourth-order valence-electron chi connectivity index (χ4n) is 7.72. The molecular formula is C32H36N2O5S. The maximum atomic E-state index is 13.4. The van der Waals surface area contributed by atoms with Gasteiger partial charge in [-0.1, -0.05) is 36.4 Å². The number of sulfonamides is 1. The van der Waals surface area contributed by atoms with Crippen LogP contribution in [0, 0.1) is 23.2 Å². The average molecular weight is 561 g/mol. The van der Waals surface area contributed by atoms with E-state index in [0.717, 1.165) is 47.8 Å². The lowest BCUT2D eigenvalue weighted by atomic mass is 9.48. The lowest BCUT2D eigenvalue weighted by Gasteiger charge is -2.59. The lowest BCUT2D eigenvalue weighted by Crippen LogP contribution is -2.55. The molecule has 0 aliphatic heterocycles. The third kappa shape index (κ3) is 5.27. The fourth-order valence-corrected chi connectivity index (χ4v) is 9.11. The molecule has 2 atom stereocenters. The van der Waals surface area contributed by atoms with Crippen molar-refractivity contribution in [1.82, 2.24) is 4.72 Å². The number of rotatable bonds is 8. The van der Waals surface area contributed by atoms with E-state index in [-0.39, 0.29) is 21.9 Å². The van der Waals surface area contributed by atoms with Crippen LogP contribution in [0.3, 0.4) is 0 Å². The molecule has 1 amide bonds. The molecule has 3 aromatic rings. The molecule has 210 valence electrons. The van der Waals surface area contributed by atoms with Gasteiger partial charge in [0.2, 0.25) is 10.0 Å². The van der Waals surface area contributed by atoms with Crippen molar-refractivity contribution < 1.29 is 22.7 Å². The minimum Gasteiger partial charge on any atom is -0.449 e. The second-order valence-corrected chi connectivity index (χ2v) is 14.0. The Morgan fingerprint density at radius 2 is 1.50 bits per heavy atom. The van der Waals surface area contributed by atoms with Crippen molar-refractivity contribution in [2.75, 3.05) is 5.32 Å². The molecule has 3 aromatic carbocycles. The highest BCUT2D eigenvalue weighted by Gasteiger charge is 2.53. The zero-order chi connectivity index (χ0) is 28.1. The quantitative estimate of drug-likeness (QED) is 0.334. The van der Waals surface area contributed by atoms with Crippen molar-refractivity contribution in [2.24, 2.45) is 23.2 Å². The van der Waals surface area contributed by atoms with Crippen LogP contribution in [0.4, 0.5) is 5.69 Å². The van der Waals surface area contributed by atoms with Crippen LogP contribution >= 0.6 is 0 Å². The number of ether oxygens (including phenoxy) is 1. The molecule has 0 saturated heterocycles. The molecule has 4 bridgehead atoms. The van der Waals surface area contributed by atoms with Gasteiger partial charge < -0.3 is 10.1 Å². The first-order valence-electron chi connectivity index (χ1n) is 14.2. The van der Waals surface area contributed by atoms with Crippen LogP contribution in [0.5, 0.6) is 0 Å². The van der Waals surface area contributed by atoms with Crippen LogP contribution in [0.25, 0.3) is 10.8 Å². The number of carbonyl (C=O) groups excluding carboxylic acids is 2.